The molecule has 1 N–H and O–H groups in total. The number of hydrogen-bond donors (Lipinski definition) is 1. The van der Waals surface area contributed by atoms with Crippen LogP contribution in [0.1, 0.15) is 43.4 Å². The van der Waals surface area contributed by atoms with Gasteiger partial charge in [-0.3, -0.25) is 13.9 Å². The highest BCUT2D eigenvalue weighted by Gasteiger charge is 2.37. The second kappa shape index (κ2) is 9.66. The number of esters is 1. The molecule has 8 nitrogen and oxygen atoms in total. The standard InChI is InChI=1S/C27H29N3O5/c1-16(2)35-26(32)21-17(3)28-24-23(25(31)30(5)27(33)29(24)4)22(21)19-11-13-20(14-12-19)34-15-18-9-7-6-8-10-18/h6-14,16,22,28H,15H2,1-5H3. The fourth-order valence-electron chi connectivity index (χ4n) is 4.27. The first-order valence-corrected chi connectivity index (χ1v) is 11.4. The molecule has 1 unspecified atom stereocenters. The Morgan fingerprint density at radius 3 is 2.29 bits per heavy atom. The third-order valence-corrected chi connectivity index (χ3v) is 6.01. The van der Waals surface area contributed by atoms with Gasteiger partial charge in [0.2, 0.25) is 0 Å². The zero-order chi connectivity index (χ0) is 25.3. The third kappa shape index (κ3) is 4.64. The lowest BCUT2D eigenvalue weighted by Crippen LogP contribution is -2.43. The van der Waals surface area contributed by atoms with Gasteiger partial charge >= 0.3 is 11.7 Å². The normalized spacial score (nSPS) is 15.0. The number of ether oxygens (including phenoxy) is 2. The Bertz CT molecular complexity index is 1400. The van der Waals surface area contributed by atoms with Crippen LogP contribution in [0.4, 0.5) is 5.82 Å². The molecular formula is C27H29N3O5. The van der Waals surface area contributed by atoms with Crippen LogP contribution < -0.4 is 21.3 Å². The van der Waals surface area contributed by atoms with E-state index in [1.807, 2.05) is 54.6 Å². The highest BCUT2D eigenvalue weighted by molar-refractivity contribution is 5.94. The van der Waals surface area contributed by atoms with Gasteiger partial charge in [0.05, 0.1) is 23.2 Å². The van der Waals surface area contributed by atoms with Gasteiger partial charge in [0, 0.05) is 19.8 Å². The molecule has 1 aliphatic heterocycles. The number of nitrogens with zero attached hydrogens (tertiary/aromatic N) is 2. The van der Waals surface area contributed by atoms with Crippen LogP contribution in [0.5, 0.6) is 5.75 Å². The summed E-state index contributed by atoms with van der Waals surface area (Å²) in [5.74, 6) is -0.203. The average molecular weight is 476 g/mol. The van der Waals surface area contributed by atoms with E-state index in [0.717, 1.165) is 10.1 Å². The smallest absolute Gasteiger partial charge is 0.337 e. The minimum Gasteiger partial charge on any atom is -0.489 e. The number of allylic oxidation sites excluding steroid dienone is 1. The van der Waals surface area contributed by atoms with Crippen LogP contribution >= 0.6 is 0 Å². The van der Waals surface area contributed by atoms with E-state index in [1.165, 1.54) is 11.6 Å². The van der Waals surface area contributed by atoms with Crippen molar-refractivity contribution in [1.29, 1.82) is 0 Å². The number of fused-ring (bicyclic) bond motifs is 1. The summed E-state index contributed by atoms with van der Waals surface area (Å²) in [5.41, 5.74) is 2.02. The fourth-order valence-corrected chi connectivity index (χ4v) is 4.27. The van der Waals surface area contributed by atoms with Crippen molar-refractivity contribution in [1.82, 2.24) is 9.13 Å². The van der Waals surface area contributed by atoms with Gasteiger partial charge < -0.3 is 14.8 Å². The first-order valence-electron chi connectivity index (χ1n) is 11.4. The number of anilines is 1. The topological polar surface area (TPSA) is 91.6 Å². The molecule has 182 valence electrons. The fraction of sp³-hybridized carbons (Fsp3) is 0.296. The predicted molar refractivity (Wildman–Crippen MR) is 134 cm³/mol. The Morgan fingerprint density at radius 2 is 1.66 bits per heavy atom. The van der Waals surface area contributed by atoms with Crippen LogP contribution in [0, 0.1) is 0 Å². The van der Waals surface area contributed by atoms with Gasteiger partial charge in [-0.15, -0.1) is 0 Å². The lowest BCUT2D eigenvalue weighted by molar-refractivity contribution is -0.143. The number of carbonyl (C=O) groups is 1. The summed E-state index contributed by atoms with van der Waals surface area (Å²) in [6.45, 7) is 5.71. The van der Waals surface area contributed by atoms with Crippen molar-refractivity contribution in [2.75, 3.05) is 5.32 Å². The molecule has 35 heavy (non-hydrogen) atoms. The van der Waals surface area contributed by atoms with Crippen molar-refractivity contribution in [2.24, 2.45) is 14.1 Å². The number of benzene rings is 2. The van der Waals surface area contributed by atoms with E-state index in [2.05, 4.69) is 5.32 Å². The van der Waals surface area contributed by atoms with E-state index in [4.69, 9.17) is 9.47 Å². The molecular weight excluding hydrogens is 446 g/mol. The molecule has 0 amide bonds. The van der Waals surface area contributed by atoms with Crippen LogP contribution in [-0.4, -0.2) is 21.2 Å². The summed E-state index contributed by atoms with van der Waals surface area (Å²) in [7, 11) is 3.02. The van der Waals surface area contributed by atoms with Gasteiger partial charge in [0.15, 0.2) is 0 Å². The summed E-state index contributed by atoms with van der Waals surface area (Å²) >= 11 is 0. The maximum atomic E-state index is 13.3. The van der Waals surface area contributed by atoms with Crippen LogP contribution in [-0.2, 0) is 30.2 Å². The van der Waals surface area contributed by atoms with Gasteiger partial charge in [-0.25, -0.2) is 9.59 Å². The predicted octanol–water partition coefficient (Wildman–Crippen LogP) is 3.45. The molecule has 0 fully saturated rings. The molecule has 0 bridgehead atoms. The summed E-state index contributed by atoms with van der Waals surface area (Å²) in [5, 5.41) is 3.09. The second-order valence-electron chi connectivity index (χ2n) is 8.86. The van der Waals surface area contributed by atoms with Gasteiger partial charge in [-0.1, -0.05) is 42.5 Å². The Hall–Kier alpha value is -4.07. The molecule has 3 aromatic rings. The van der Waals surface area contributed by atoms with Crippen molar-refractivity contribution in [3.05, 3.63) is 103 Å². The van der Waals surface area contributed by atoms with Crippen molar-refractivity contribution in [3.63, 3.8) is 0 Å². The SMILES string of the molecule is CC1=C(C(=O)OC(C)C)C(c2ccc(OCc3ccccc3)cc2)c2c(n(C)c(=O)n(C)c2=O)N1. The Labute approximate surface area is 203 Å². The van der Waals surface area contributed by atoms with E-state index in [9.17, 15) is 14.4 Å². The molecule has 4 rings (SSSR count). The lowest BCUT2D eigenvalue weighted by Gasteiger charge is -2.31. The second-order valence-corrected chi connectivity index (χ2v) is 8.86. The molecule has 0 radical (unpaired) electrons. The van der Waals surface area contributed by atoms with Crippen molar-refractivity contribution in [2.45, 2.75) is 39.4 Å². The molecule has 2 heterocycles. The molecule has 0 spiro atoms. The summed E-state index contributed by atoms with van der Waals surface area (Å²) < 4.78 is 13.9. The molecule has 0 aliphatic carbocycles. The molecule has 0 saturated heterocycles. The van der Waals surface area contributed by atoms with Gasteiger partial charge in [-0.05, 0) is 44.0 Å². The zero-order valence-electron chi connectivity index (χ0n) is 20.5. The summed E-state index contributed by atoms with van der Waals surface area (Å²) in [6, 6.07) is 17.1. The Kier molecular flexibility index (Phi) is 6.64. The van der Waals surface area contributed by atoms with Gasteiger partial charge in [0.1, 0.15) is 18.2 Å². The highest BCUT2D eigenvalue weighted by Crippen LogP contribution is 2.40. The molecule has 1 aliphatic rings. The van der Waals surface area contributed by atoms with Gasteiger partial charge in [-0.2, -0.15) is 0 Å². The Balaban J connectivity index is 1.79. The third-order valence-electron chi connectivity index (χ3n) is 6.01. The maximum absolute atomic E-state index is 13.3. The van der Waals surface area contributed by atoms with Crippen LogP contribution in [0.15, 0.2) is 75.5 Å². The number of hydrogen-bond acceptors (Lipinski definition) is 6. The molecule has 1 aromatic heterocycles. The van der Waals surface area contributed by atoms with Crippen molar-refractivity contribution in [3.8, 4) is 5.75 Å². The van der Waals surface area contributed by atoms with Crippen molar-refractivity contribution >= 4 is 11.8 Å². The number of aromatic nitrogens is 2. The zero-order valence-corrected chi connectivity index (χ0v) is 20.5. The molecule has 2 aromatic carbocycles. The quantitative estimate of drug-likeness (QED) is 0.549. The first kappa shape index (κ1) is 24.1. The van der Waals surface area contributed by atoms with Gasteiger partial charge in [0.25, 0.3) is 5.56 Å². The van der Waals surface area contributed by atoms with E-state index < -0.39 is 23.1 Å². The number of nitrogens with one attached hydrogen (secondary N) is 1. The monoisotopic (exact) mass is 475 g/mol. The number of carbonyl (C=O) groups excluding carboxylic acids is 1. The Morgan fingerprint density at radius 1 is 1.00 bits per heavy atom. The molecule has 8 heteroatoms. The minimum absolute atomic E-state index is 0.314. The van der Waals surface area contributed by atoms with E-state index in [-0.39, 0.29) is 6.10 Å². The summed E-state index contributed by atoms with van der Waals surface area (Å²) in [4.78, 5) is 39.0. The lowest BCUT2D eigenvalue weighted by atomic mass is 9.82. The van der Waals surface area contributed by atoms with Crippen LogP contribution in [0.3, 0.4) is 0 Å². The number of rotatable bonds is 6. The average Bonchev–Trinajstić information content (AvgIpc) is 2.84. The maximum Gasteiger partial charge on any atom is 0.337 e. The van der Waals surface area contributed by atoms with E-state index in [0.29, 0.717) is 40.6 Å². The summed E-state index contributed by atoms with van der Waals surface area (Å²) in [6.07, 6.45) is -0.332. The highest BCUT2D eigenvalue weighted by atomic mass is 16.5. The first-order chi connectivity index (χ1) is 16.7. The largest absolute Gasteiger partial charge is 0.489 e. The van der Waals surface area contributed by atoms with Crippen LogP contribution in [0.2, 0.25) is 0 Å². The molecule has 0 saturated carbocycles. The van der Waals surface area contributed by atoms with Crippen molar-refractivity contribution < 1.29 is 14.3 Å². The van der Waals surface area contributed by atoms with E-state index >= 15 is 0 Å². The molecule has 1 atom stereocenters. The van der Waals surface area contributed by atoms with Crippen LogP contribution in [0.25, 0.3) is 0 Å². The van der Waals surface area contributed by atoms with E-state index in [1.54, 1.807) is 27.8 Å². The minimum atomic E-state index is -0.717.